The molecule has 0 saturated heterocycles. The van der Waals surface area contributed by atoms with Gasteiger partial charge in [0.1, 0.15) is 0 Å². The Morgan fingerprint density at radius 1 is 1.06 bits per heavy atom. The van der Waals surface area contributed by atoms with Crippen molar-refractivity contribution in [1.29, 1.82) is 0 Å². The number of nitrogens with zero attached hydrogens (tertiary/aromatic N) is 5. The molecule has 2 aromatic carbocycles. The van der Waals surface area contributed by atoms with E-state index in [2.05, 4.69) is 27.0 Å². The first-order valence-electron chi connectivity index (χ1n) is 9.63. The zero-order valence-corrected chi connectivity index (χ0v) is 19.6. The Balaban J connectivity index is 1.59. The Bertz CT molecular complexity index is 1170. The standard InChI is InChI=1S/C22H21Cl2N5OS/c1-14(28(2)3)21-26-27-22(29(21)18-9-7-16(23)8-10-18)31-13-20-25-12-19(30-20)15-5-4-6-17(24)11-15/h4-12,14H,13H2,1-3H3. The van der Waals surface area contributed by atoms with Crippen LogP contribution in [-0.4, -0.2) is 38.7 Å². The van der Waals surface area contributed by atoms with Crippen molar-refractivity contribution < 1.29 is 4.42 Å². The summed E-state index contributed by atoms with van der Waals surface area (Å²) in [4.78, 5) is 6.50. The molecule has 0 radical (unpaired) electrons. The van der Waals surface area contributed by atoms with Crippen LogP contribution in [0.25, 0.3) is 17.0 Å². The summed E-state index contributed by atoms with van der Waals surface area (Å²) in [6, 6.07) is 15.2. The number of oxazole rings is 1. The van der Waals surface area contributed by atoms with Crippen molar-refractivity contribution in [1.82, 2.24) is 24.6 Å². The van der Waals surface area contributed by atoms with E-state index in [1.54, 1.807) is 6.20 Å². The summed E-state index contributed by atoms with van der Waals surface area (Å²) in [6.45, 7) is 2.09. The molecule has 31 heavy (non-hydrogen) atoms. The summed E-state index contributed by atoms with van der Waals surface area (Å²) in [7, 11) is 4.03. The number of hydrogen-bond donors (Lipinski definition) is 0. The fourth-order valence-corrected chi connectivity index (χ4v) is 4.12. The third-order valence-electron chi connectivity index (χ3n) is 4.88. The molecular weight excluding hydrogens is 453 g/mol. The van der Waals surface area contributed by atoms with Gasteiger partial charge in [0.05, 0.1) is 18.0 Å². The Morgan fingerprint density at radius 3 is 2.55 bits per heavy atom. The normalized spacial score (nSPS) is 12.5. The lowest BCUT2D eigenvalue weighted by molar-refractivity contribution is 0.305. The van der Waals surface area contributed by atoms with Crippen molar-refractivity contribution in [3.8, 4) is 17.0 Å². The lowest BCUT2D eigenvalue weighted by atomic mass is 10.2. The minimum atomic E-state index is 0.0775. The molecule has 0 N–H and O–H groups in total. The molecule has 1 atom stereocenters. The second-order valence-corrected chi connectivity index (χ2v) is 9.02. The Morgan fingerprint density at radius 2 is 1.84 bits per heavy atom. The van der Waals surface area contributed by atoms with Crippen molar-refractivity contribution in [2.24, 2.45) is 0 Å². The summed E-state index contributed by atoms with van der Waals surface area (Å²) in [5.41, 5.74) is 1.84. The van der Waals surface area contributed by atoms with E-state index in [1.807, 2.05) is 67.2 Å². The zero-order valence-electron chi connectivity index (χ0n) is 17.3. The van der Waals surface area contributed by atoms with Gasteiger partial charge in [-0.1, -0.05) is 47.1 Å². The monoisotopic (exact) mass is 473 g/mol. The van der Waals surface area contributed by atoms with Crippen LogP contribution in [0.15, 0.2) is 64.3 Å². The molecule has 9 heteroatoms. The lowest BCUT2D eigenvalue weighted by Gasteiger charge is -2.20. The average Bonchev–Trinajstić information content (AvgIpc) is 3.39. The number of halogens is 2. The number of hydrogen-bond acceptors (Lipinski definition) is 6. The van der Waals surface area contributed by atoms with Crippen molar-refractivity contribution in [3.63, 3.8) is 0 Å². The SMILES string of the molecule is CC(c1nnc(SCc2ncc(-c3cccc(Cl)c3)o2)n1-c1ccc(Cl)cc1)N(C)C. The fourth-order valence-electron chi connectivity index (χ4n) is 2.99. The topological polar surface area (TPSA) is 60.0 Å². The predicted octanol–water partition coefficient (Wildman–Crippen LogP) is 6.14. The molecule has 4 rings (SSSR count). The van der Waals surface area contributed by atoms with E-state index in [0.29, 0.717) is 27.4 Å². The van der Waals surface area contributed by atoms with Gasteiger partial charge in [-0.2, -0.15) is 0 Å². The third-order valence-corrected chi connectivity index (χ3v) is 6.28. The van der Waals surface area contributed by atoms with Crippen LogP contribution in [0.5, 0.6) is 0 Å². The largest absolute Gasteiger partial charge is 0.440 e. The van der Waals surface area contributed by atoms with Gasteiger partial charge in [-0.3, -0.25) is 9.47 Å². The zero-order chi connectivity index (χ0) is 22.0. The molecule has 0 aliphatic heterocycles. The number of thioether (sulfide) groups is 1. The highest BCUT2D eigenvalue weighted by atomic mass is 35.5. The highest BCUT2D eigenvalue weighted by molar-refractivity contribution is 7.98. The summed E-state index contributed by atoms with van der Waals surface area (Å²) >= 11 is 13.7. The molecule has 0 aliphatic carbocycles. The quantitative estimate of drug-likeness (QED) is 0.300. The van der Waals surface area contributed by atoms with Crippen LogP contribution in [0.4, 0.5) is 0 Å². The number of rotatable bonds is 7. The van der Waals surface area contributed by atoms with E-state index in [-0.39, 0.29) is 6.04 Å². The smallest absolute Gasteiger partial charge is 0.205 e. The second-order valence-electron chi connectivity index (χ2n) is 7.21. The van der Waals surface area contributed by atoms with E-state index in [1.165, 1.54) is 11.8 Å². The minimum absolute atomic E-state index is 0.0775. The first-order chi connectivity index (χ1) is 14.9. The number of aromatic nitrogens is 4. The molecule has 4 aromatic rings. The summed E-state index contributed by atoms with van der Waals surface area (Å²) < 4.78 is 7.97. The summed E-state index contributed by atoms with van der Waals surface area (Å²) in [5.74, 6) is 2.65. The highest BCUT2D eigenvalue weighted by Crippen LogP contribution is 2.30. The van der Waals surface area contributed by atoms with Gasteiger partial charge in [-0.25, -0.2) is 4.98 Å². The van der Waals surface area contributed by atoms with Crippen LogP contribution in [0, 0.1) is 0 Å². The molecule has 1 unspecified atom stereocenters. The van der Waals surface area contributed by atoms with Gasteiger partial charge >= 0.3 is 0 Å². The van der Waals surface area contributed by atoms with Crippen molar-refractivity contribution >= 4 is 35.0 Å². The number of benzene rings is 2. The molecule has 0 aliphatic rings. The van der Waals surface area contributed by atoms with Gasteiger partial charge in [-0.15, -0.1) is 10.2 Å². The Labute approximate surface area is 195 Å². The molecule has 2 aromatic heterocycles. The fraction of sp³-hybridized carbons (Fsp3) is 0.227. The second kappa shape index (κ2) is 9.44. The molecule has 0 spiro atoms. The Kier molecular flexibility index (Phi) is 6.67. The molecule has 0 saturated carbocycles. The maximum atomic E-state index is 6.09. The summed E-state index contributed by atoms with van der Waals surface area (Å²) in [5, 5.41) is 11.0. The van der Waals surface area contributed by atoms with Crippen molar-refractivity contribution in [3.05, 3.63) is 76.5 Å². The van der Waals surface area contributed by atoms with Crippen LogP contribution >= 0.6 is 35.0 Å². The molecule has 0 bridgehead atoms. The van der Waals surface area contributed by atoms with Crippen LogP contribution in [0.3, 0.4) is 0 Å². The lowest BCUT2D eigenvalue weighted by Crippen LogP contribution is -2.20. The van der Waals surface area contributed by atoms with Crippen LogP contribution in [0.1, 0.15) is 24.7 Å². The van der Waals surface area contributed by atoms with Crippen LogP contribution in [-0.2, 0) is 5.75 Å². The first kappa shape index (κ1) is 21.9. The van der Waals surface area contributed by atoms with Crippen molar-refractivity contribution in [2.75, 3.05) is 14.1 Å². The van der Waals surface area contributed by atoms with E-state index in [9.17, 15) is 0 Å². The van der Waals surface area contributed by atoms with E-state index < -0.39 is 0 Å². The third kappa shape index (κ3) is 4.96. The summed E-state index contributed by atoms with van der Waals surface area (Å²) in [6.07, 6.45) is 1.71. The van der Waals surface area contributed by atoms with Crippen molar-refractivity contribution in [2.45, 2.75) is 23.9 Å². The molecule has 2 heterocycles. The van der Waals surface area contributed by atoms with Gasteiger partial charge in [0, 0.05) is 21.3 Å². The molecule has 160 valence electrons. The predicted molar refractivity (Wildman–Crippen MR) is 125 cm³/mol. The molecule has 0 fully saturated rings. The van der Waals surface area contributed by atoms with Crippen LogP contribution in [0.2, 0.25) is 10.0 Å². The first-order valence-corrected chi connectivity index (χ1v) is 11.4. The van der Waals surface area contributed by atoms with Gasteiger partial charge in [0.15, 0.2) is 16.7 Å². The molecular formula is C22H21Cl2N5OS. The van der Waals surface area contributed by atoms with E-state index in [0.717, 1.165) is 22.2 Å². The maximum absolute atomic E-state index is 6.09. The van der Waals surface area contributed by atoms with Gasteiger partial charge < -0.3 is 4.42 Å². The minimum Gasteiger partial charge on any atom is -0.440 e. The molecule has 6 nitrogen and oxygen atoms in total. The maximum Gasteiger partial charge on any atom is 0.205 e. The Hall–Kier alpha value is -2.32. The van der Waals surface area contributed by atoms with Crippen LogP contribution < -0.4 is 0 Å². The van der Waals surface area contributed by atoms with E-state index in [4.69, 9.17) is 27.6 Å². The highest BCUT2D eigenvalue weighted by Gasteiger charge is 2.21. The average molecular weight is 474 g/mol. The van der Waals surface area contributed by atoms with Gasteiger partial charge in [0.25, 0.3) is 0 Å². The van der Waals surface area contributed by atoms with E-state index >= 15 is 0 Å². The van der Waals surface area contributed by atoms with Gasteiger partial charge in [0.2, 0.25) is 5.89 Å². The molecule has 0 amide bonds. The van der Waals surface area contributed by atoms with Gasteiger partial charge in [-0.05, 0) is 57.4 Å².